The summed E-state index contributed by atoms with van der Waals surface area (Å²) in [6.07, 6.45) is 0.320. The number of hydrogen-bond donors (Lipinski definition) is 1. The Bertz CT molecular complexity index is 550. The van der Waals surface area contributed by atoms with E-state index in [0.29, 0.717) is 12.3 Å². The number of fused-ring (bicyclic) bond motifs is 1. The van der Waals surface area contributed by atoms with Crippen LogP contribution in [0, 0.1) is 5.92 Å². The number of aliphatic hydroxyl groups is 1. The zero-order valence-electron chi connectivity index (χ0n) is 12.5. The summed E-state index contributed by atoms with van der Waals surface area (Å²) in [5.74, 6) is 2.56. The van der Waals surface area contributed by atoms with Crippen molar-refractivity contribution >= 4 is 22.7 Å². The Morgan fingerprint density at radius 2 is 2.00 bits per heavy atom. The molecule has 0 fully saturated rings. The minimum absolute atomic E-state index is 0.317. The molecule has 2 rings (SSSR count). The van der Waals surface area contributed by atoms with Gasteiger partial charge in [-0.3, -0.25) is 4.68 Å². The number of rotatable bonds is 7. The minimum atomic E-state index is -0.317. The maximum atomic E-state index is 10.2. The predicted octanol–water partition coefficient (Wildman–Crippen LogP) is 3.35. The average molecular weight is 292 g/mol. The monoisotopic (exact) mass is 292 g/mol. The van der Waals surface area contributed by atoms with Gasteiger partial charge in [0.25, 0.3) is 0 Å². The summed E-state index contributed by atoms with van der Waals surface area (Å²) in [5, 5.41) is 16.0. The van der Waals surface area contributed by atoms with Crippen LogP contribution in [0.1, 0.15) is 26.5 Å². The van der Waals surface area contributed by atoms with Crippen molar-refractivity contribution in [1.82, 2.24) is 9.78 Å². The second kappa shape index (κ2) is 7.14. The van der Waals surface area contributed by atoms with Gasteiger partial charge in [-0.05, 0) is 24.7 Å². The molecule has 0 saturated heterocycles. The molecule has 4 heteroatoms. The van der Waals surface area contributed by atoms with Crippen molar-refractivity contribution in [3.8, 4) is 0 Å². The highest BCUT2D eigenvalue weighted by Crippen LogP contribution is 2.20. The highest BCUT2D eigenvalue weighted by molar-refractivity contribution is 7.99. The minimum Gasteiger partial charge on any atom is -0.392 e. The normalized spacial score (nSPS) is 13.2. The third-order valence-electron chi connectivity index (χ3n) is 3.22. The summed E-state index contributed by atoms with van der Waals surface area (Å²) in [5.41, 5.74) is 2.17. The molecule has 1 aromatic heterocycles. The third kappa shape index (κ3) is 3.76. The zero-order chi connectivity index (χ0) is 14.5. The third-order valence-corrected chi connectivity index (χ3v) is 4.75. The Morgan fingerprint density at radius 1 is 1.25 bits per heavy atom. The summed E-state index contributed by atoms with van der Waals surface area (Å²) in [4.78, 5) is 0. The molecule has 0 aliphatic rings. The molecule has 20 heavy (non-hydrogen) atoms. The van der Waals surface area contributed by atoms with Gasteiger partial charge in [-0.1, -0.05) is 32.0 Å². The summed E-state index contributed by atoms with van der Waals surface area (Å²) >= 11 is 1.82. The van der Waals surface area contributed by atoms with Gasteiger partial charge in [0.1, 0.15) is 0 Å². The molecule has 0 spiro atoms. The van der Waals surface area contributed by atoms with Gasteiger partial charge in [-0.15, -0.1) is 0 Å². The molecule has 1 unspecified atom stereocenters. The topological polar surface area (TPSA) is 38.0 Å². The lowest BCUT2D eigenvalue weighted by Crippen LogP contribution is -2.15. The fourth-order valence-corrected chi connectivity index (χ4v) is 3.31. The van der Waals surface area contributed by atoms with Crippen LogP contribution in [0.15, 0.2) is 24.3 Å². The van der Waals surface area contributed by atoms with E-state index in [-0.39, 0.29) is 6.10 Å². The summed E-state index contributed by atoms with van der Waals surface area (Å²) in [6, 6.07) is 8.26. The van der Waals surface area contributed by atoms with Crippen molar-refractivity contribution < 1.29 is 5.11 Å². The van der Waals surface area contributed by atoms with Crippen molar-refractivity contribution in [2.75, 3.05) is 11.5 Å². The van der Waals surface area contributed by atoms with E-state index in [1.165, 1.54) is 5.39 Å². The van der Waals surface area contributed by atoms with Crippen molar-refractivity contribution in [2.24, 2.45) is 5.92 Å². The van der Waals surface area contributed by atoms with Crippen LogP contribution in [-0.4, -0.2) is 32.5 Å². The Morgan fingerprint density at radius 3 is 2.70 bits per heavy atom. The Balaban J connectivity index is 2.05. The number of aliphatic hydroxyl groups excluding tert-OH is 1. The van der Waals surface area contributed by atoms with Crippen LogP contribution in [0.2, 0.25) is 0 Å². The van der Waals surface area contributed by atoms with Crippen LogP contribution in [0.3, 0.4) is 0 Å². The molecule has 0 aliphatic carbocycles. The fourth-order valence-electron chi connectivity index (χ4n) is 2.31. The molecule has 1 heterocycles. The molecule has 1 aromatic carbocycles. The summed E-state index contributed by atoms with van der Waals surface area (Å²) < 4.78 is 2.01. The van der Waals surface area contributed by atoms with Crippen LogP contribution in [0.4, 0.5) is 0 Å². The Hall–Kier alpha value is -1.00. The molecule has 0 saturated carbocycles. The van der Waals surface area contributed by atoms with Gasteiger partial charge in [0.15, 0.2) is 0 Å². The molecule has 110 valence electrons. The molecular weight excluding hydrogens is 268 g/mol. The van der Waals surface area contributed by atoms with Gasteiger partial charge in [-0.2, -0.15) is 16.9 Å². The van der Waals surface area contributed by atoms with Crippen LogP contribution in [0.5, 0.6) is 0 Å². The first-order chi connectivity index (χ1) is 9.61. The van der Waals surface area contributed by atoms with E-state index in [4.69, 9.17) is 0 Å². The maximum Gasteiger partial charge on any atom is 0.0729 e. The lowest BCUT2D eigenvalue weighted by Gasteiger charge is -2.10. The number of benzene rings is 1. The molecule has 1 N–H and O–H groups in total. The van der Waals surface area contributed by atoms with E-state index in [0.717, 1.165) is 29.3 Å². The number of thioether (sulfide) groups is 1. The van der Waals surface area contributed by atoms with Crippen LogP contribution < -0.4 is 0 Å². The van der Waals surface area contributed by atoms with Crippen LogP contribution in [0.25, 0.3) is 10.9 Å². The molecular formula is C16H24N2OS. The maximum absolute atomic E-state index is 10.2. The molecule has 1 atom stereocenters. The molecule has 0 radical (unpaired) electrons. The zero-order valence-corrected chi connectivity index (χ0v) is 13.4. The van der Waals surface area contributed by atoms with E-state index in [1.807, 2.05) is 28.6 Å². The number of aromatic nitrogens is 2. The highest BCUT2D eigenvalue weighted by atomic mass is 32.2. The van der Waals surface area contributed by atoms with Gasteiger partial charge >= 0.3 is 0 Å². The average Bonchev–Trinajstić information content (AvgIpc) is 2.77. The summed E-state index contributed by atoms with van der Waals surface area (Å²) in [6.45, 7) is 7.36. The van der Waals surface area contributed by atoms with Crippen molar-refractivity contribution in [2.45, 2.75) is 39.8 Å². The Kier molecular flexibility index (Phi) is 5.49. The second-order valence-electron chi connectivity index (χ2n) is 5.57. The number of hydrogen-bond acceptors (Lipinski definition) is 3. The van der Waals surface area contributed by atoms with Crippen molar-refractivity contribution in [3.05, 3.63) is 30.0 Å². The lowest BCUT2D eigenvalue weighted by atomic mass is 10.1. The van der Waals surface area contributed by atoms with Gasteiger partial charge in [-0.25, -0.2) is 0 Å². The van der Waals surface area contributed by atoms with Crippen molar-refractivity contribution in [3.63, 3.8) is 0 Å². The fraction of sp³-hybridized carbons (Fsp3) is 0.562. The van der Waals surface area contributed by atoms with E-state index < -0.39 is 0 Å². The smallest absolute Gasteiger partial charge is 0.0729 e. The molecule has 0 bridgehead atoms. The van der Waals surface area contributed by atoms with E-state index >= 15 is 0 Å². The summed E-state index contributed by atoms with van der Waals surface area (Å²) in [7, 11) is 0. The number of para-hydroxylation sites is 1. The van der Waals surface area contributed by atoms with Crippen LogP contribution >= 0.6 is 11.8 Å². The second-order valence-corrected chi connectivity index (χ2v) is 6.64. The van der Waals surface area contributed by atoms with E-state index in [9.17, 15) is 5.11 Å². The van der Waals surface area contributed by atoms with Crippen molar-refractivity contribution in [1.29, 1.82) is 0 Å². The van der Waals surface area contributed by atoms with Gasteiger partial charge < -0.3 is 5.11 Å². The Labute approximate surface area is 125 Å². The molecule has 0 aliphatic heterocycles. The molecule has 2 aromatic rings. The van der Waals surface area contributed by atoms with Gasteiger partial charge in [0.2, 0.25) is 0 Å². The van der Waals surface area contributed by atoms with E-state index in [1.54, 1.807) is 0 Å². The van der Waals surface area contributed by atoms with Crippen LogP contribution in [-0.2, 0) is 13.0 Å². The largest absolute Gasteiger partial charge is 0.392 e. The lowest BCUT2D eigenvalue weighted by molar-refractivity contribution is 0.199. The quantitative estimate of drug-likeness (QED) is 0.850. The molecule has 3 nitrogen and oxygen atoms in total. The number of nitrogens with zero attached hydrogens (tertiary/aromatic N) is 2. The highest BCUT2D eigenvalue weighted by Gasteiger charge is 2.13. The first-order valence-corrected chi connectivity index (χ1v) is 8.47. The SMILES string of the molecule is CCn1nc(CC(O)CSCC(C)C)c2ccccc21. The molecule has 0 amide bonds. The van der Waals surface area contributed by atoms with E-state index in [2.05, 4.69) is 38.0 Å². The standard InChI is InChI=1S/C16H24N2OS/c1-4-18-16-8-6-5-7-14(16)15(17-18)9-13(19)11-20-10-12(2)3/h5-8,12-13,19H,4,9-11H2,1-3H3. The first kappa shape index (κ1) is 15.4. The first-order valence-electron chi connectivity index (χ1n) is 7.32. The van der Waals surface area contributed by atoms with Gasteiger partial charge in [0.05, 0.1) is 17.3 Å². The number of aryl methyl sites for hydroxylation is 1. The van der Waals surface area contributed by atoms with Gasteiger partial charge in [0, 0.05) is 24.1 Å². The predicted molar refractivity (Wildman–Crippen MR) is 87.3 cm³/mol.